The fraction of sp³-hybridized carbons (Fsp3) is 0.458. The van der Waals surface area contributed by atoms with Crippen molar-refractivity contribution in [2.75, 3.05) is 20.2 Å². The molecule has 1 N–H and O–H groups in total. The van der Waals surface area contributed by atoms with E-state index >= 15 is 0 Å². The Labute approximate surface area is 178 Å². The summed E-state index contributed by atoms with van der Waals surface area (Å²) >= 11 is 0. The van der Waals surface area contributed by atoms with Crippen LogP contribution in [0.3, 0.4) is 0 Å². The first-order valence-electron chi connectivity index (χ1n) is 10.6. The number of hydrogen-bond donors (Lipinski definition) is 1. The van der Waals surface area contributed by atoms with E-state index in [1.165, 1.54) is 0 Å². The zero-order valence-electron chi connectivity index (χ0n) is 18.3. The van der Waals surface area contributed by atoms with Crippen LogP contribution in [0.15, 0.2) is 36.4 Å². The van der Waals surface area contributed by atoms with Gasteiger partial charge in [-0.05, 0) is 57.4 Å². The third kappa shape index (κ3) is 4.81. The summed E-state index contributed by atoms with van der Waals surface area (Å²) in [6.07, 6.45) is 2.44. The highest BCUT2D eigenvalue weighted by Crippen LogP contribution is 2.31. The number of carbonyl (C=O) groups is 2. The normalized spacial score (nSPS) is 15.5. The SMILES string of the molecule is CC[C@@H](C)NC(=O)c1ccc(C)nc1C1CCN(C(=O)c2ccccc2OC)CC1. The summed E-state index contributed by atoms with van der Waals surface area (Å²) in [5.74, 6) is 0.662. The minimum Gasteiger partial charge on any atom is -0.496 e. The molecule has 160 valence electrons. The topological polar surface area (TPSA) is 71.5 Å². The number of aryl methyl sites for hydroxylation is 1. The van der Waals surface area contributed by atoms with Crippen LogP contribution in [-0.2, 0) is 0 Å². The Morgan fingerprint density at radius 2 is 1.87 bits per heavy atom. The maximum atomic E-state index is 13.0. The number of piperidine rings is 1. The second kappa shape index (κ2) is 9.74. The summed E-state index contributed by atoms with van der Waals surface area (Å²) < 4.78 is 5.34. The lowest BCUT2D eigenvalue weighted by Crippen LogP contribution is -2.39. The van der Waals surface area contributed by atoms with Crippen molar-refractivity contribution in [3.05, 3.63) is 58.9 Å². The number of methoxy groups -OCH3 is 1. The Hall–Kier alpha value is -2.89. The number of carbonyl (C=O) groups excluding carboxylic acids is 2. The summed E-state index contributed by atoms with van der Waals surface area (Å²) in [6.45, 7) is 7.25. The molecule has 1 atom stereocenters. The van der Waals surface area contributed by atoms with Gasteiger partial charge >= 0.3 is 0 Å². The molecule has 6 nitrogen and oxygen atoms in total. The molecule has 0 unspecified atom stereocenters. The standard InChI is InChI=1S/C24H31N3O3/c1-5-16(2)26-23(28)20-11-10-17(3)25-22(20)18-12-14-27(15-13-18)24(29)19-8-6-7-9-21(19)30-4/h6-11,16,18H,5,12-15H2,1-4H3,(H,26,28)/t16-/m1/s1. The number of aromatic nitrogens is 1. The van der Waals surface area contributed by atoms with E-state index in [4.69, 9.17) is 9.72 Å². The number of ether oxygens (including phenoxy) is 1. The van der Waals surface area contributed by atoms with E-state index in [0.717, 1.165) is 30.7 Å². The lowest BCUT2D eigenvalue weighted by Gasteiger charge is -2.33. The Morgan fingerprint density at radius 3 is 2.53 bits per heavy atom. The number of likely N-dealkylation sites (tertiary alicyclic amines) is 1. The number of para-hydroxylation sites is 1. The third-order valence-electron chi connectivity index (χ3n) is 5.80. The first kappa shape index (κ1) is 21.8. The van der Waals surface area contributed by atoms with Crippen LogP contribution in [0.25, 0.3) is 0 Å². The van der Waals surface area contributed by atoms with E-state index in [0.29, 0.717) is 30.0 Å². The monoisotopic (exact) mass is 409 g/mol. The van der Waals surface area contributed by atoms with Crippen LogP contribution < -0.4 is 10.1 Å². The Morgan fingerprint density at radius 1 is 1.17 bits per heavy atom. The predicted molar refractivity (Wildman–Crippen MR) is 117 cm³/mol. The zero-order valence-corrected chi connectivity index (χ0v) is 18.3. The van der Waals surface area contributed by atoms with Crippen LogP contribution in [0, 0.1) is 6.92 Å². The van der Waals surface area contributed by atoms with Gasteiger partial charge in [0.2, 0.25) is 0 Å². The molecule has 1 aliphatic heterocycles. The molecule has 1 aliphatic rings. The van der Waals surface area contributed by atoms with Crippen LogP contribution in [0.1, 0.15) is 71.1 Å². The number of nitrogens with one attached hydrogen (secondary N) is 1. The molecule has 6 heteroatoms. The summed E-state index contributed by atoms with van der Waals surface area (Å²) in [5, 5.41) is 3.05. The number of hydrogen-bond acceptors (Lipinski definition) is 4. The van der Waals surface area contributed by atoms with Crippen molar-refractivity contribution in [3.63, 3.8) is 0 Å². The molecule has 0 radical (unpaired) electrons. The summed E-state index contributed by atoms with van der Waals surface area (Å²) in [6, 6.07) is 11.2. The Balaban J connectivity index is 1.74. The lowest BCUT2D eigenvalue weighted by atomic mass is 9.89. The van der Waals surface area contributed by atoms with Gasteiger partial charge in [0.05, 0.1) is 23.9 Å². The van der Waals surface area contributed by atoms with Crippen LogP contribution in [-0.4, -0.2) is 47.9 Å². The van der Waals surface area contributed by atoms with E-state index in [-0.39, 0.29) is 23.8 Å². The average molecular weight is 410 g/mol. The maximum absolute atomic E-state index is 13.0. The molecular formula is C24H31N3O3. The number of rotatable bonds is 6. The quantitative estimate of drug-likeness (QED) is 0.784. The highest BCUT2D eigenvalue weighted by atomic mass is 16.5. The van der Waals surface area contributed by atoms with Crippen molar-refractivity contribution in [1.29, 1.82) is 0 Å². The van der Waals surface area contributed by atoms with E-state index in [9.17, 15) is 9.59 Å². The number of benzene rings is 1. The molecule has 0 spiro atoms. The molecule has 1 fully saturated rings. The van der Waals surface area contributed by atoms with E-state index in [1.54, 1.807) is 19.2 Å². The molecular weight excluding hydrogens is 378 g/mol. The van der Waals surface area contributed by atoms with Gasteiger partial charge < -0.3 is 15.0 Å². The summed E-state index contributed by atoms with van der Waals surface area (Å²) in [5.41, 5.74) is 2.98. The average Bonchev–Trinajstić information content (AvgIpc) is 2.78. The number of nitrogens with zero attached hydrogens (tertiary/aromatic N) is 2. The molecule has 1 saturated heterocycles. The van der Waals surface area contributed by atoms with Crippen LogP contribution in [0.4, 0.5) is 0 Å². The van der Waals surface area contributed by atoms with Gasteiger partial charge in [-0.3, -0.25) is 14.6 Å². The second-order valence-corrected chi connectivity index (χ2v) is 7.93. The highest BCUT2D eigenvalue weighted by molar-refractivity contribution is 5.97. The van der Waals surface area contributed by atoms with E-state index in [2.05, 4.69) is 5.32 Å². The first-order valence-corrected chi connectivity index (χ1v) is 10.6. The molecule has 2 heterocycles. The van der Waals surface area contributed by atoms with Crippen molar-refractivity contribution >= 4 is 11.8 Å². The van der Waals surface area contributed by atoms with Crippen molar-refractivity contribution < 1.29 is 14.3 Å². The van der Waals surface area contributed by atoms with Gasteiger partial charge in [0.1, 0.15) is 5.75 Å². The lowest BCUT2D eigenvalue weighted by molar-refractivity contribution is 0.0707. The van der Waals surface area contributed by atoms with Crippen LogP contribution in [0.2, 0.25) is 0 Å². The molecule has 0 saturated carbocycles. The molecule has 30 heavy (non-hydrogen) atoms. The predicted octanol–water partition coefficient (Wildman–Crippen LogP) is 3.95. The number of pyridine rings is 1. The van der Waals surface area contributed by atoms with Crippen molar-refractivity contribution in [2.45, 2.75) is 52.0 Å². The number of amides is 2. The molecule has 0 bridgehead atoms. The van der Waals surface area contributed by atoms with Crippen molar-refractivity contribution in [2.24, 2.45) is 0 Å². The molecule has 1 aromatic carbocycles. The van der Waals surface area contributed by atoms with Crippen LogP contribution >= 0.6 is 0 Å². The third-order valence-corrected chi connectivity index (χ3v) is 5.80. The Bertz CT molecular complexity index is 904. The highest BCUT2D eigenvalue weighted by Gasteiger charge is 2.29. The molecule has 2 amide bonds. The zero-order chi connectivity index (χ0) is 21.7. The molecule has 1 aromatic heterocycles. The summed E-state index contributed by atoms with van der Waals surface area (Å²) in [7, 11) is 1.58. The van der Waals surface area contributed by atoms with E-state index < -0.39 is 0 Å². The van der Waals surface area contributed by atoms with Gasteiger partial charge in [0, 0.05) is 30.7 Å². The minimum atomic E-state index is -0.0700. The molecule has 2 aromatic rings. The van der Waals surface area contributed by atoms with Gasteiger partial charge in [-0.1, -0.05) is 19.1 Å². The fourth-order valence-corrected chi connectivity index (χ4v) is 3.83. The first-order chi connectivity index (χ1) is 14.4. The van der Waals surface area contributed by atoms with Crippen LogP contribution in [0.5, 0.6) is 5.75 Å². The smallest absolute Gasteiger partial charge is 0.257 e. The van der Waals surface area contributed by atoms with Crippen molar-refractivity contribution in [3.8, 4) is 5.75 Å². The van der Waals surface area contributed by atoms with Gasteiger partial charge in [-0.25, -0.2) is 0 Å². The molecule has 0 aliphatic carbocycles. The second-order valence-electron chi connectivity index (χ2n) is 7.93. The maximum Gasteiger partial charge on any atom is 0.257 e. The fourth-order valence-electron chi connectivity index (χ4n) is 3.83. The largest absolute Gasteiger partial charge is 0.496 e. The van der Waals surface area contributed by atoms with Crippen molar-refractivity contribution in [1.82, 2.24) is 15.2 Å². The molecule has 3 rings (SSSR count). The summed E-state index contributed by atoms with van der Waals surface area (Å²) in [4.78, 5) is 32.3. The van der Waals surface area contributed by atoms with Gasteiger partial charge in [0.25, 0.3) is 11.8 Å². The van der Waals surface area contributed by atoms with E-state index in [1.807, 2.05) is 49.9 Å². The van der Waals surface area contributed by atoms with Gasteiger partial charge in [-0.2, -0.15) is 0 Å². The minimum absolute atomic E-state index is 0.0159. The Kier molecular flexibility index (Phi) is 7.08. The van der Waals surface area contributed by atoms with Gasteiger partial charge in [-0.15, -0.1) is 0 Å². The van der Waals surface area contributed by atoms with Gasteiger partial charge in [0.15, 0.2) is 0 Å².